The lowest BCUT2D eigenvalue weighted by Crippen LogP contribution is -2.20. The van der Waals surface area contributed by atoms with E-state index >= 15 is 0 Å². The zero-order valence-electron chi connectivity index (χ0n) is 16.2. The molecule has 0 aliphatic rings. The summed E-state index contributed by atoms with van der Waals surface area (Å²) in [6.07, 6.45) is 1.53. The molecule has 8 heteroatoms. The number of furan rings is 1. The van der Waals surface area contributed by atoms with Crippen molar-refractivity contribution in [3.63, 3.8) is 0 Å². The van der Waals surface area contributed by atoms with Gasteiger partial charge in [0.2, 0.25) is 11.8 Å². The topological polar surface area (TPSA) is 86.1 Å². The molecule has 0 saturated heterocycles. The Kier molecular flexibility index (Phi) is 4.75. The van der Waals surface area contributed by atoms with Crippen LogP contribution in [-0.4, -0.2) is 20.7 Å². The molecule has 0 fully saturated rings. The summed E-state index contributed by atoms with van der Waals surface area (Å²) in [7, 11) is 0. The van der Waals surface area contributed by atoms with Gasteiger partial charge in [0.1, 0.15) is 12.4 Å². The molecule has 0 bridgehead atoms. The summed E-state index contributed by atoms with van der Waals surface area (Å²) < 4.78 is 26.1. The smallest absolute Gasteiger partial charge is 0.283 e. The molecule has 1 amide bonds. The van der Waals surface area contributed by atoms with E-state index in [1.165, 1.54) is 18.4 Å². The average molecular weight is 394 g/mol. The van der Waals surface area contributed by atoms with Gasteiger partial charge in [-0.25, -0.2) is 4.39 Å². The number of rotatable bonds is 5. The Morgan fingerprint density at radius 1 is 1.14 bits per heavy atom. The van der Waals surface area contributed by atoms with Crippen molar-refractivity contribution in [1.82, 2.24) is 14.8 Å². The number of amides is 1. The first kappa shape index (κ1) is 18.7. The summed E-state index contributed by atoms with van der Waals surface area (Å²) in [5.74, 6) is 0.585. The largest absolute Gasteiger partial charge is 0.459 e. The Hall–Kier alpha value is -3.68. The van der Waals surface area contributed by atoms with Gasteiger partial charge in [-0.1, -0.05) is 0 Å². The van der Waals surface area contributed by atoms with Crippen LogP contribution in [0.15, 0.2) is 51.5 Å². The van der Waals surface area contributed by atoms with Gasteiger partial charge in [-0.2, -0.15) is 0 Å². The number of hydrogen-bond acceptors (Lipinski definition) is 5. The van der Waals surface area contributed by atoms with Crippen LogP contribution in [0, 0.1) is 26.6 Å². The maximum Gasteiger partial charge on any atom is 0.283 e. The van der Waals surface area contributed by atoms with Crippen LogP contribution in [0.5, 0.6) is 0 Å². The van der Waals surface area contributed by atoms with E-state index in [1.807, 2.05) is 24.5 Å². The zero-order chi connectivity index (χ0) is 20.5. The number of benzene rings is 1. The van der Waals surface area contributed by atoms with E-state index in [2.05, 4.69) is 15.5 Å². The van der Waals surface area contributed by atoms with Crippen LogP contribution in [0.25, 0.3) is 23.1 Å². The lowest BCUT2D eigenvalue weighted by atomic mass is 10.2. The van der Waals surface area contributed by atoms with Gasteiger partial charge in [-0.15, -0.1) is 10.2 Å². The van der Waals surface area contributed by atoms with Crippen molar-refractivity contribution < 1.29 is 18.0 Å². The number of hydrogen-bond donors (Lipinski definition) is 1. The van der Waals surface area contributed by atoms with E-state index in [0.29, 0.717) is 28.8 Å². The lowest BCUT2D eigenvalue weighted by molar-refractivity contribution is -0.116. The standard InChI is InChI=1S/C21H19FN4O3/c1-12-9-15(22)6-7-17(12)23-19(27)11-26-13(2)10-16(14(26)3)20-24-25-21(29-20)18-5-4-8-28-18/h4-10H,11H2,1-3H3,(H,23,27). The van der Waals surface area contributed by atoms with Crippen LogP contribution < -0.4 is 5.32 Å². The minimum atomic E-state index is -0.337. The van der Waals surface area contributed by atoms with Crippen LogP contribution in [0.3, 0.4) is 0 Å². The minimum absolute atomic E-state index is 0.105. The Morgan fingerprint density at radius 2 is 1.93 bits per heavy atom. The molecule has 0 radical (unpaired) electrons. The summed E-state index contributed by atoms with van der Waals surface area (Å²) in [4.78, 5) is 12.5. The molecular weight excluding hydrogens is 375 g/mol. The molecule has 3 heterocycles. The SMILES string of the molecule is Cc1cc(F)ccc1NC(=O)Cn1c(C)cc(-c2nnc(-c3ccco3)o2)c1C. The van der Waals surface area contributed by atoms with E-state index in [1.54, 1.807) is 25.1 Å². The summed E-state index contributed by atoms with van der Waals surface area (Å²) in [5, 5.41) is 10.9. The van der Waals surface area contributed by atoms with Crippen molar-refractivity contribution in [2.24, 2.45) is 0 Å². The van der Waals surface area contributed by atoms with Crippen molar-refractivity contribution in [3.05, 3.63) is 65.4 Å². The second kappa shape index (κ2) is 7.38. The third kappa shape index (κ3) is 3.69. The minimum Gasteiger partial charge on any atom is -0.459 e. The number of nitrogens with one attached hydrogen (secondary N) is 1. The lowest BCUT2D eigenvalue weighted by Gasteiger charge is -2.12. The fourth-order valence-electron chi connectivity index (χ4n) is 3.19. The average Bonchev–Trinajstić information content (AvgIpc) is 3.41. The van der Waals surface area contributed by atoms with Crippen LogP contribution in [0.4, 0.5) is 10.1 Å². The fraction of sp³-hybridized carbons (Fsp3) is 0.190. The normalized spacial score (nSPS) is 11.0. The first-order valence-electron chi connectivity index (χ1n) is 9.03. The molecule has 0 aliphatic heterocycles. The number of carbonyl (C=O) groups is 1. The number of anilines is 1. The van der Waals surface area contributed by atoms with E-state index in [4.69, 9.17) is 8.83 Å². The number of carbonyl (C=O) groups excluding carboxylic acids is 1. The van der Waals surface area contributed by atoms with Gasteiger partial charge < -0.3 is 18.7 Å². The predicted molar refractivity (Wildman–Crippen MR) is 105 cm³/mol. The molecule has 0 atom stereocenters. The molecule has 0 saturated carbocycles. The van der Waals surface area contributed by atoms with Gasteiger partial charge in [-0.3, -0.25) is 4.79 Å². The molecule has 7 nitrogen and oxygen atoms in total. The Bertz CT molecular complexity index is 1170. The number of nitrogens with zero attached hydrogens (tertiary/aromatic N) is 3. The van der Waals surface area contributed by atoms with Crippen molar-refractivity contribution in [1.29, 1.82) is 0 Å². The third-order valence-electron chi connectivity index (χ3n) is 4.73. The van der Waals surface area contributed by atoms with Crippen molar-refractivity contribution in [2.45, 2.75) is 27.3 Å². The summed E-state index contributed by atoms with van der Waals surface area (Å²) in [5.41, 5.74) is 3.69. The van der Waals surface area contributed by atoms with E-state index < -0.39 is 0 Å². The maximum absolute atomic E-state index is 13.3. The molecule has 3 aromatic heterocycles. The molecule has 29 heavy (non-hydrogen) atoms. The monoisotopic (exact) mass is 394 g/mol. The van der Waals surface area contributed by atoms with Gasteiger partial charge in [0.05, 0.1) is 11.8 Å². The van der Waals surface area contributed by atoms with Crippen LogP contribution in [-0.2, 0) is 11.3 Å². The van der Waals surface area contributed by atoms with Gasteiger partial charge in [0.15, 0.2) is 5.76 Å². The van der Waals surface area contributed by atoms with Gasteiger partial charge >= 0.3 is 0 Å². The highest BCUT2D eigenvalue weighted by Gasteiger charge is 2.19. The zero-order valence-corrected chi connectivity index (χ0v) is 16.2. The third-order valence-corrected chi connectivity index (χ3v) is 4.73. The molecule has 0 spiro atoms. The molecule has 1 N–H and O–H groups in total. The first-order valence-corrected chi connectivity index (χ1v) is 9.03. The molecule has 1 aromatic carbocycles. The van der Waals surface area contributed by atoms with E-state index in [9.17, 15) is 9.18 Å². The van der Waals surface area contributed by atoms with Gasteiger partial charge in [-0.05, 0) is 62.7 Å². The van der Waals surface area contributed by atoms with Gasteiger partial charge in [0.25, 0.3) is 5.89 Å². The molecule has 0 aliphatic carbocycles. The second-order valence-electron chi connectivity index (χ2n) is 6.77. The molecule has 4 rings (SSSR count). The summed E-state index contributed by atoms with van der Waals surface area (Å²) in [6.45, 7) is 5.63. The number of aromatic nitrogens is 3. The second-order valence-corrected chi connectivity index (χ2v) is 6.77. The Labute approximate surface area is 166 Å². The Balaban J connectivity index is 1.55. The molecule has 148 valence electrons. The van der Waals surface area contributed by atoms with Crippen LogP contribution >= 0.6 is 0 Å². The van der Waals surface area contributed by atoms with Gasteiger partial charge in [0, 0.05) is 17.1 Å². The summed E-state index contributed by atoms with van der Waals surface area (Å²) >= 11 is 0. The van der Waals surface area contributed by atoms with Crippen LogP contribution in [0.2, 0.25) is 0 Å². The quantitative estimate of drug-likeness (QED) is 0.539. The highest BCUT2D eigenvalue weighted by Crippen LogP contribution is 2.29. The number of halogens is 1. The molecular formula is C21H19FN4O3. The van der Waals surface area contributed by atoms with Crippen molar-refractivity contribution in [3.8, 4) is 23.1 Å². The Morgan fingerprint density at radius 3 is 2.66 bits per heavy atom. The fourth-order valence-corrected chi connectivity index (χ4v) is 3.19. The van der Waals surface area contributed by atoms with Crippen molar-refractivity contribution in [2.75, 3.05) is 5.32 Å². The van der Waals surface area contributed by atoms with E-state index in [0.717, 1.165) is 17.0 Å². The van der Waals surface area contributed by atoms with E-state index in [-0.39, 0.29) is 18.3 Å². The molecule has 4 aromatic rings. The van der Waals surface area contributed by atoms with Crippen molar-refractivity contribution >= 4 is 11.6 Å². The maximum atomic E-state index is 13.3. The predicted octanol–water partition coefficient (Wildman–Crippen LogP) is 4.50. The summed E-state index contributed by atoms with van der Waals surface area (Å²) in [6, 6.07) is 9.63. The first-order chi connectivity index (χ1) is 13.9. The highest BCUT2D eigenvalue weighted by molar-refractivity contribution is 5.91. The molecule has 0 unspecified atom stereocenters. The highest BCUT2D eigenvalue weighted by atomic mass is 19.1. The van der Waals surface area contributed by atoms with Crippen LogP contribution in [0.1, 0.15) is 17.0 Å². The number of aryl methyl sites for hydroxylation is 2.